The van der Waals surface area contributed by atoms with Gasteiger partial charge in [0.05, 0.1) is 25.2 Å². The first-order valence-electron chi connectivity index (χ1n) is 7.49. The fourth-order valence-corrected chi connectivity index (χ4v) is 2.46. The molecule has 1 aliphatic rings. The molecule has 1 heterocycles. The van der Waals surface area contributed by atoms with Gasteiger partial charge in [-0.1, -0.05) is 18.2 Å². The number of amides is 1. The van der Waals surface area contributed by atoms with Gasteiger partial charge in [-0.3, -0.25) is 9.69 Å². The van der Waals surface area contributed by atoms with Crippen molar-refractivity contribution in [2.45, 2.75) is 18.9 Å². The summed E-state index contributed by atoms with van der Waals surface area (Å²) in [7, 11) is 0. The summed E-state index contributed by atoms with van der Waals surface area (Å²) in [5.41, 5.74) is -0.671. The number of nitrogens with one attached hydrogen (secondary N) is 1. The summed E-state index contributed by atoms with van der Waals surface area (Å²) >= 11 is 0. The van der Waals surface area contributed by atoms with Crippen LogP contribution in [0.25, 0.3) is 0 Å². The van der Waals surface area contributed by atoms with Gasteiger partial charge in [-0.05, 0) is 18.6 Å². The Morgan fingerprint density at radius 3 is 2.77 bits per heavy atom. The van der Waals surface area contributed by atoms with Crippen LogP contribution in [0.1, 0.15) is 12.5 Å². The highest BCUT2D eigenvalue weighted by molar-refractivity contribution is 5.78. The van der Waals surface area contributed by atoms with Crippen LogP contribution in [-0.4, -0.2) is 60.9 Å². The van der Waals surface area contributed by atoms with Crippen molar-refractivity contribution in [3.8, 4) is 0 Å². The number of carbonyl (C=O) groups is 1. The molecular formula is C16H23FN2O3. The lowest BCUT2D eigenvalue weighted by Crippen LogP contribution is -2.51. The summed E-state index contributed by atoms with van der Waals surface area (Å²) in [6.07, 6.45) is -0.0275. The second-order valence-corrected chi connectivity index (χ2v) is 5.93. The van der Waals surface area contributed by atoms with Crippen LogP contribution in [-0.2, 0) is 16.0 Å². The van der Waals surface area contributed by atoms with Gasteiger partial charge in [0.25, 0.3) is 0 Å². The number of halogens is 1. The fourth-order valence-electron chi connectivity index (χ4n) is 2.46. The van der Waals surface area contributed by atoms with E-state index < -0.39 is 11.4 Å². The SMILES string of the molecule is CC(O)(CNC(=O)Cc1ccccc1F)CN1CCOCC1. The molecule has 0 saturated carbocycles. The van der Waals surface area contributed by atoms with Gasteiger partial charge in [0.1, 0.15) is 5.82 Å². The third kappa shape index (κ3) is 5.36. The van der Waals surface area contributed by atoms with Crippen LogP contribution in [0.3, 0.4) is 0 Å². The van der Waals surface area contributed by atoms with Gasteiger partial charge >= 0.3 is 0 Å². The Bertz CT molecular complexity index is 502. The molecule has 22 heavy (non-hydrogen) atoms. The van der Waals surface area contributed by atoms with Crippen molar-refractivity contribution >= 4 is 5.91 Å². The molecule has 1 aromatic carbocycles. The van der Waals surface area contributed by atoms with Gasteiger partial charge in [-0.25, -0.2) is 4.39 Å². The van der Waals surface area contributed by atoms with Crippen molar-refractivity contribution in [1.29, 1.82) is 0 Å². The zero-order valence-corrected chi connectivity index (χ0v) is 12.8. The van der Waals surface area contributed by atoms with E-state index >= 15 is 0 Å². The summed E-state index contributed by atoms with van der Waals surface area (Å²) in [5.74, 6) is -0.690. The maximum absolute atomic E-state index is 13.5. The van der Waals surface area contributed by atoms with Crippen molar-refractivity contribution in [3.05, 3.63) is 35.6 Å². The van der Waals surface area contributed by atoms with E-state index in [1.807, 2.05) is 0 Å². The Morgan fingerprint density at radius 2 is 2.09 bits per heavy atom. The first kappa shape index (κ1) is 16.9. The van der Waals surface area contributed by atoms with E-state index in [4.69, 9.17) is 4.74 Å². The Hall–Kier alpha value is -1.50. The standard InChI is InChI=1S/C16H23FN2O3/c1-16(21,12-19-6-8-22-9-7-19)11-18-15(20)10-13-4-2-3-5-14(13)17/h2-5,21H,6-12H2,1H3,(H,18,20). The van der Waals surface area contributed by atoms with Crippen molar-refractivity contribution in [2.75, 3.05) is 39.4 Å². The monoisotopic (exact) mass is 310 g/mol. The van der Waals surface area contributed by atoms with Crippen LogP contribution in [0, 0.1) is 5.82 Å². The number of morpholine rings is 1. The molecule has 1 amide bonds. The molecule has 1 aliphatic heterocycles. The lowest BCUT2D eigenvalue weighted by Gasteiger charge is -2.33. The quantitative estimate of drug-likeness (QED) is 0.806. The van der Waals surface area contributed by atoms with E-state index in [1.165, 1.54) is 6.07 Å². The highest BCUT2D eigenvalue weighted by Gasteiger charge is 2.25. The van der Waals surface area contributed by atoms with Crippen molar-refractivity contribution in [3.63, 3.8) is 0 Å². The van der Waals surface area contributed by atoms with Crippen LogP contribution >= 0.6 is 0 Å². The lowest BCUT2D eigenvalue weighted by atomic mass is 10.1. The van der Waals surface area contributed by atoms with Crippen LogP contribution in [0.2, 0.25) is 0 Å². The minimum atomic E-state index is -1.03. The number of β-amino-alcohol motifs (C(OH)–C–C–N with tert-alkyl or cyclic N) is 1. The second kappa shape index (κ2) is 7.67. The zero-order valence-electron chi connectivity index (χ0n) is 12.8. The van der Waals surface area contributed by atoms with E-state index in [0.717, 1.165) is 13.1 Å². The summed E-state index contributed by atoms with van der Waals surface area (Å²) in [6.45, 7) is 5.17. The smallest absolute Gasteiger partial charge is 0.224 e. The molecule has 5 nitrogen and oxygen atoms in total. The number of aliphatic hydroxyl groups is 1. The van der Waals surface area contributed by atoms with Gasteiger partial charge in [0.15, 0.2) is 0 Å². The molecule has 2 N–H and O–H groups in total. The molecule has 1 saturated heterocycles. The van der Waals surface area contributed by atoms with Crippen molar-refractivity contribution in [2.24, 2.45) is 0 Å². The third-order valence-corrected chi connectivity index (χ3v) is 3.64. The normalized spacial score (nSPS) is 18.7. The predicted molar refractivity (Wildman–Crippen MR) is 81.0 cm³/mol. The number of ether oxygens (including phenoxy) is 1. The third-order valence-electron chi connectivity index (χ3n) is 3.64. The predicted octanol–water partition coefficient (Wildman–Crippen LogP) is 0.568. The largest absolute Gasteiger partial charge is 0.387 e. The molecule has 0 radical (unpaired) electrons. The molecule has 0 spiro atoms. The highest BCUT2D eigenvalue weighted by Crippen LogP contribution is 2.09. The van der Waals surface area contributed by atoms with Gasteiger partial charge in [-0.2, -0.15) is 0 Å². The first-order valence-corrected chi connectivity index (χ1v) is 7.49. The molecule has 1 atom stereocenters. The van der Waals surface area contributed by atoms with Crippen LogP contribution in [0.5, 0.6) is 0 Å². The maximum Gasteiger partial charge on any atom is 0.224 e. The van der Waals surface area contributed by atoms with Gasteiger partial charge in [0, 0.05) is 26.2 Å². The van der Waals surface area contributed by atoms with Crippen LogP contribution < -0.4 is 5.32 Å². The Morgan fingerprint density at radius 1 is 1.41 bits per heavy atom. The Labute approximate surface area is 130 Å². The summed E-state index contributed by atoms with van der Waals surface area (Å²) in [4.78, 5) is 14.0. The molecular weight excluding hydrogens is 287 g/mol. The molecule has 6 heteroatoms. The zero-order chi connectivity index (χ0) is 16.0. The van der Waals surface area contributed by atoms with E-state index in [2.05, 4.69) is 10.2 Å². The van der Waals surface area contributed by atoms with Crippen molar-refractivity contribution < 1.29 is 19.0 Å². The number of benzene rings is 1. The summed E-state index contributed by atoms with van der Waals surface area (Å²) in [6, 6.07) is 6.20. The average Bonchev–Trinajstić information content (AvgIpc) is 2.48. The number of hydrogen-bond donors (Lipinski definition) is 2. The Balaban J connectivity index is 1.78. The Kier molecular flexibility index (Phi) is 5.88. The van der Waals surface area contributed by atoms with E-state index in [1.54, 1.807) is 25.1 Å². The average molecular weight is 310 g/mol. The molecule has 0 bridgehead atoms. The van der Waals surface area contributed by atoms with Crippen molar-refractivity contribution in [1.82, 2.24) is 10.2 Å². The molecule has 1 unspecified atom stereocenters. The minimum Gasteiger partial charge on any atom is -0.387 e. The number of hydrogen-bond acceptors (Lipinski definition) is 4. The number of rotatable bonds is 6. The molecule has 0 aliphatic carbocycles. The van der Waals surface area contributed by atoms with E-state index in [0.29, 0.717) is 25.3 Å². The van der Waals surface area contributed by atoms with Gasteiger partial charge < -0.3 is 15.2 Å². The number of nitrogens with zero attached hydrogens (tertiary/aromatic N) is 1. The second-order valence-electron chi connectivity index (χ2n) is 5.93. The minimum absolute atomic E-state index is 0.0275. The maximum atomic E-state index is 13.5. The summed E-state index contributed by atoms with van der Waals surface area (Å²) in [5, 5.41) is 13.0. The van der Waals surface area contributed by atoms with E-state index in [9.17, 15) is 14.3 Å². The van der Waals surface area contributed by atoms with Gasteiger partial charge in [-0.15, -0.1) is 0 Å². The first-order chi connectivity index (χ1) is 10.5. The lowest BCUT2D eigenvalue weighted by molar-refractivity contribution is -0.122. The molecule has 1 fully saturated rings. The molecule has 1 aromatic rings. The molecule has 122 valence electrons. The fraction of sp³-hybridized carbons (Fsp3) is 0.562. The highest BCUT2D eigenvalue weighted by atomic mass is 19.1. The van der Waals surface area contributed by atoms with E-state index in [-0.39, 0.29) is 18.9 Å². The van der Waals surface area contributed by atoms with Gasteiger partial charge in [0.2, 0.25) is 5.91 Å². The molecule has 0 aromatic heterocycles. The number of carbonyl (C=O) groups excluding carboxylic acids is 1. The summed E-state index contributed by atoms with van der Waals surface area (Å²) < 4.78 is 18.7. The van der Waals surface area contributed by atoms with Crippen LogP contribution in [0.15, 0.2) is 24.3 Å². The van der Waals surface area contributed by atoms with Crippen LogP contribution in [0.4, 0.5) is 4.39 Å². The topological polar surface area (TPSA) is 61.8 Å². The molecule has 2 rings (SSSR count).